The summed E-state index contributed by atoms with van der Waals surface area (Å²) in [5, 5.41) is 0.710. The van der Waals surface area contributed by atoms with Gasteiger partial charge in [0.05, 0.1) is 34.3 Å². The molecule has 3 aliphatic heterocycles. The van der Waals surface area contributed by atoms with Crippen LogP contribution in [-0.4, -0.2) is 91.4 Å². The molecule has 0 saturated carbocycles. The van der Waals surface area contributed by atoms with E-state index >= 15 is 4.39 Å². The molecule has 4 heterocycles. The van der Waals surface area contributed by atoms with Gasteiger partial charge >= 0.3 is 6.09 Å². The maximum absolute atomic E-state index is 15.4. The number of anilines is 2. The lowest BCUT2D eigenvalue weighted by Crippen LogP contribution is -2.62. The van der Waals surface area contributed by atoms with E-state index in [9.17, 15) is 9.59 Å². The van der Waals surface area contributed by atoms with Crippen LogP contribution in [0, 0.1) is 5.82 Å². The Hall–Kier alpha value is -2.59. The van der Waals surface area contributed by atoms with Crippen molar-refractivity contribution in [3.63, 3.8) is 0 Å². The Morgan fingerprint density at radius 2 is 2.05 bits per heavy atom. The van der Waals surface area contributed by atoms with Gasteiger partial charge < -0.3 is 29.1 Å². The Bertz CT molecular complexity index is 1340. The van der Waals surface area contributed by atoms with Crippen molar-refractivity contribution in [3.05, 3.63) is 27.1 Å². The molecule has 0 spiro atoms. The second-order valence-corrected chi connectivity index (χ2v) is 11.9. The number of amides is 1. The summed E-state index contributed by atoms with van der Waals surface area (Å²) in [6, 6.07) is 1.15. The molecule has 12 heteroatoms. The largest absolute Gasteiger partial charge is 0.470 e. The molecule has 198 valence electrons. The Labute approximate surface area is 227 Å². The number of carbonyl (C=O) groups excluding carboxylic acids is 2. The number of nitrogens with zero attached hydrogens (tertiary/aromatic N) is 5. The molecule has 37 heavy (non-hydrogen) atoms. The zero-order valence-electron chi connectivity index (χ0n) is 21.3. The van der Waals surface area contributed by atoms with E-state index in [1.807, 2.05) is 49.6 Å². The molecular weight excluding hydrogens is 569 g/mol. The average molecular weight is 597 g/mol. The number of fused-ring (bicyclic) bond motifs is 4. The monoisotopic (exact) mass is 595 g/mol. The maximum atomic E-state index is 15.4. The predicted molar refractivity (Wildman–Crippen MR) is 143 cm³/mol. The van der Waals surface area contributed by atoms with Crippen molar-refractivity contribution < 1.29 is 23.5 Å². The summed E-state index contributed by atoms with van der Waals surface area (Å²) < 4.78 is 27.4. The van der Waals surface area contributed by atoms with E-state index in [1.165, 1.54) is 0 Å². The number of rotatable bonds is 2. The lowest BCUT2D eigenvalue weighted by atomic mass is 9.97. The predicted octanol–water partition coefficient (Wildman–Crippen LogP) is 4.07. The van der Waals surface area contributed by atoms with Gasteiger partial charge in [0.1, 0.15) is 34.5 Å². The van der Waals surface area contributed by atoms with Crippen LogP contribution in [0.4, 0.5) is 20.6 Å². The molecule has 5 rings (SSSR count). The highest BCUT2D eigenvalue weighted by molar-refractivity contribution is 9.10. The van der Waals surface area contributed by atoms with Crippen molar-refractivity contribution in [1.82, 2.24) is 14.8 Å². The van der Waals surface area contributed by atoms with Gasteiger partial charge in [0.25, 0.3) is 0 Å². The van der Waals surface area contributed by atoms with Crippen molar-refractivity contribution in [2.24, 2.45) is 0 Å². The van der Waals surface area contributed by atoms with Crippen LogP contribution in [0.25, 0.3) is 10.9 Å². The molecule has 1 saturated heterocycles. The highest BCUT2D eigenvalue weighted by Crippen LogP contribution is 2.52. The van der Waals surface area contributed by atoms with Gasteiger partial charge in [0.2, 0.25) is 5.88 Å². The number of pyridine rings is 1. The molecule has 0 unspecified atom stereocenters. The van der Waals surface area contributed by atoms with Crippen molar-refractivity contribution in [2.75, 3.05) is 56.6 Å². The molecule has 0 bridgehead atoms. The quantitative estimate of drug-likeness (QED) is 0.379. The second-order valence-electron chi connectivity index (χ2n) is 10.7. The van der Waals surface area contributed by atoms with E-state index in [0.717, 1.165) is 0 Å². The van der Waals surface area contributed by atoms with Gasteiger partial charge in [0, 0.05) is 25.0 Å². The van der Waals surface area contributed by atoms with Crippen LogP contribution in [-0.2, 0) is 9.53 Å². The van der Waals surface area contributed by atoms with E-state index in [2.05, 4.69) is 26.9 Å². The number of likely N-dealkylation sites (N-methyl/N-ethyl adjacent to an activating group) is 1. The normalized spacial score (nSPS) is 21.0. The molecule has 1 aromatic carbocycles. The highest BCUT2D eigenvalue weighted by atomic mass is 79.9. The Morgan fingerprint density at radius 3 is 2.70 bits per heavy atom. The van der Waals surface area contributed by atoms with Gasteiger partial charge in [-0.15, -0.1) is 0 Å². The van der Waals surface area contributed by atoms with Crippen LogP contribution in [0.2, 0.25) is 5.02 Å². The first-order chi connectivity index (χ1) is 17.4. The summed E-state index contributed by atoms with van der Waals surface area (Å²) in [6.45, 7) is 7.31. The van der Waals surface area contributed by atoms with Crippen molar-refractivity contribution in [2.45, 2.75) is 38.5 Å². The van der Waals surface area contributed by atoms with E-state index in [0.29, 0.717) is 48.6 Å². The van der Waals surface area contributed by atoms with E-state index in [1.54, 1.807) is 11.0 Å². The van der Waals surface area contributed by atoms with Crippen LogP contribution in [0.5, 0.6) is 5.88 Å². The molecule has 2 aromatic rings. The minimum Gasteiger partial charge on any atom is -0.470 e. The van der Waals surface area contributed by atoms with Crippen LogP contribution in [0.1, 0.15) is 20.8 Å². The van der Waals surface area contributed by atoms with Crippen LogP contribution in [0.15, 0.2) is 16.2 Å². The van der Waals surface area contributed by atoms with Crippen molar-refractivity contribution >= 4 is 61.8 Å². The van der Waals surface area contributed by atoms with Crippen LogP contribution >= 0.6 is 27.5 Å². The number of hydrogen-bond acceptors (Lipinski definition) is 8. The van der Waals surface area contributed by atoms with Gasteiger partial charge in [-0.2, -0.15) is 0 Å². The molecule has 2 atom stereocenters. The fraction of sp³-hybridized carbons (Fsp3) is 0.520. The van der Waals surface area contributed by atoms with Gasteiger partial charge in [-0.05, 0) is 56.9 Å². The first kappa shape index (κ1) is 26.0. The Morgan fingerprint density at radius 1 is 1.32 bits per heavy atom. The standard InChI is InChI=1S/C25H28BrClFN5O4/c1-25(2,3)37-24(35)31-6-7-32-16(11-31)17(12-34)33-10-13(9-30(4)5)36-23-22(33)21(32)14-8-15(27)18(26)19(28)20(14)29-23/h8,13,16H,6-7,9-11H2,1-5H3/t13-,16+/m0/s1. The molecule has 1 aromatic heterocycles. The molecule has 1 fully saturated rings. The highest BCUT2D eigenvalue weighted by Gasteiger charge is 2.47. The number of halogens is 3. The number of aromatic nitrogens is 1. The van der Waals surface area contributed by atoms with Gasteiger partial charge in [0.15, 0.2) is 5.82 Å². The Balaban J connectivity index is 1.68. The van der Waals surface area contributed by atoms with E-state index in [4.69, 9.17) is 21.1 Å². The lowest BCUT2D eigenvalue weighted by molar-refractivity contribution is 0.0221. The number of benzene rings is 1. The smallest absolute Gasteiger partial charge is 0.410 e. The number of hydrogen-bond donors (Lipinski definition) is 0. The summed E-state index contributed by atoms with van der Waals surface area (Å²) >= 11 is 9.60. The summed E-state index contributed by atoms with van der Waals surface area (Å²) in [5.74, 6) is 1.79. The fourth-order valence-corrected chi connectivity index (χ4v) is 5.66. The van der Waals surface area contributed by atoms with E-state index in [-0.39, 0.29) is 33.5 Å². The summed E-state index contributed by atoms with van der Waals surface area (Å²) in [7, 11) is 3.84. The topological polar surface area (TPSA) is 78.5 Å². The van der Waals surface area contributed by atoms with Crippen LogP contribution in [0.3, 0.4) is 0 Å². The summed E-state index contributed by atoms with van der Waals surface area (Å²) in [4.78, 5) is 37.4. The number of piperazine rings is 1. The number of carbonyl (C=O) groups is 1. The molecule has 0 N–H and O–H groups in total. The summed E-state index contributed by atoms with van der Waals surface area (Å²) in [6.07, 6.45) is -0.784. The molecule has 0 aliphatic carbocycles. The lowest BCUT2D eigenvalue weighted by Gasteiger charge is -2.51. The van der Waals surface area contributed by atoms with Gasteiger partial charge in [-0.25, -0.2) is 19.0 Å². The fourth-order valence-electron chi connectivity index (χ4n) is 5.17. The number of ether oxygens (including phenoxy) is 2. The zero-order chi connectivity index (χ0) is 26.8. The second kappa shape index (κ2) is 9.31. The molecule has 9 nitrogen and oxygen atoms in total. The first-order valence-corrected chi connectivity index (χ1v) is 13.2. The minimum atomic E-state index is -0.654. The van der Waals surface area contributed by atoms with E-state index < -0.39 is 23.6 Å². The van der Waals surface area contributed by atoms with Crippen LogP contribution < -0.4 is 14.5 Å². The third kappa shape index (κ3) is 4.52. The minimum absolute atomic E-state index is 0.113. The maximum Gasteiger partial charge on any atom is 0.410 e. The zero-order valence-corrected chi connectivity index (χ0v) is 23.6. The van der Waals surface area contributed by atoms with Crippen molar-refractivity contribution in [3.8, 4) is 5.88 Å². The third-order valence-corrected chi connectivity index (χ3v) is 7.87. The third-order valence-electron chi connectivity index (χ3n) is 6.57. The molecule has 1 amide bonds. The average Bonchev–Trinajstić information content (AvgIpc) is 2.81. The summed E-state index contributed by atoms with van der Waals surface area (Å²) in [5.41, 5.74) is 1.09. The van der Waals surface area contributed by atoms with Gasteiger partial charge in [-0.1, -0.05) is 11.6 Å². The van der Waals surface area contributed by atoms with Crippen molar-refractivity contribution in [1.29, 1.82) is 0 Å². The molecular formula is C25H28BrClFN5O4. The Kier molecular flexibility index (Phi) is 6.55. The SMILES string of the molecule is CN(C)C[C@H]1CN2C(=C=O)[C@H]3CN(C(=O)OC(C)(C)C)CCN3c3c2c(nc2c(F)c(Br)c(Cl)cc32)O1. The van der Waals surface area contributed by atoms with Gasteiger partial charge in [-0.3, -0.25) is 0 Å². The first-order valence-electron chi connectivity index (χ1n) is 12.0. The molecule has 0 radical (unpaired) electrons. The molecule has 3 aliphatic rings.